The van der Waals surface area contributed by atoms with Gasteiger partial charge in [-0.15, -0.1) is 0 Å². The van der Waals surface area contributed by atoms with Gasteiger partial charge in [-0.25, -0.2) is 8.42 Å². The van der Waals surface area contributed by atoms with Crippen LogP contribution in [-0.2, 0) is 14.6 Å². The van der Waals surface area contributed by atoms with E-state index in [4.69, 9.17) is 23.2 Å². The maximum Gasteiger partial charge on any atom is 0.246 e. The molecule has 132 valence electrons. The van der Waals surface area contributed by atoms with E-state index in [-0.39, 0.29) is 29.4 Å². The fraction of sp³-hybridized carbons (Fsp3) is 0.471. The molecule has 1 fully saturated rings. The SMILES string of the molecule is CC(C)CN(C(=O)/C=C/c1cc(Cl)ccc1Cl)C1CCS(=O)(=O)C1. The highest BCUT2D eigenvalue weighted by Gasteiger charge is 2.34. The molecule has 1 aromatic carbocycles. The summed E-state index contributed by atoms with van der Waals surface area (Å²) in [7, 11) is -3.05. The zero-order valence-corrected chi connectivity index (χ0v) is 16.0. The van der Waals surface area contributed by atoms with Crippen molar-refractivity contribution in [2.75, 3.05) is 18.1 Å². The van der Waals surface area contributed by atoms with Crippen molar-refractivity contribution in [1.82, 2.24) is 4.90 Å². The Hall–Kier alpha value is -1.04. The molecule has 1 aromatic rings. The lowest BCUT2D eigenvalue weighted by Crippen LogP contribution is -2.42. The highest BCUT2D eigenvalue weighted by molar-refractivity contribution is 7.91. The van der Waals surface area contributed by atoms with Crippen LogP contribution in [0.2, 0.25) is 10.0 Å². The summed E-state index contributed by atoms with van der Waals surface area (Å²) in [6.45, 7) is 4.52. The van der Waals surface area contributed by atoms with E-state index in [2.05, 4.69) is 0 Å². The predicted molar refractivity (Wildman–Crippen MR) is 99.1 cm³/mol. The molecule has 0 spiro atoms. The largest absolute Gasteiger partial charge is 0.335 e. The standard InChI is InChI=1S/C17H21Cl2NO3S/c1-12(2)10-20(15-7-8-24(22,23)11-15)17(21)6-3-13-9-14(18)4-5-16(13)19/h3-6,9,12,15H,7-8,10-11H2,1-2H3/b6-3+. The molecule has 0 aliphatic carbocycles. The molecule has 0 radical (unpaired) electrons. The Bertz CT molecular complexity index is 744. The maximum absolute atomic E-state index is 12.6. The predicted octanol–water partition coefficient (Wildman–Crippen LogP) is 3.68. The Morgan fingerprint density at radius 2 is 2.08 bits per heavy atom. The molecule has 1 aliphatic heterocycles. The minimum Gasteiger partial charge on any atom is -0.335 e. The van der Waals surface area contributed by atoms with Gasteiger partial charge in [-0.05, 0) is 42.2 Å². The topological polar surface area (TPSA) is 54.5 Å². The van der Waals surface area contributed by atoms with Gasteiger partial charge in [0.1, 0.15) is 0 Å². The normalized spacial score (nSPS) is 20.0. The van der Waals surface area contributed by atoms with Crippen molar-refractivity contribution in [3.8, 4) is 0 Å². The van der Waals surface area contributed by atoms with Gasteiger partial charge in [0.05, 0.1) is 11.5 Å². The molecule has 1 saturated heterocycles. The Morgan fingerprint density at radius 3 is 2.67 bits per heavy atom. The Kier molecular flexibility index (Phi) is 6.34. The first kappa shape index (κ1) is 19.3. The highest BCUT2D eigenvalue weighted by Crippen LogP contribution is 2.23. The van der Waals surface area contributed by atoms with Crippen molar-refractivity contribution in [3.05, 3.63) is 39.9 Å². The first-order valence-corrected chi connectivity index (χ1v) is 10.4. The van der Waals surface area contributed by atoms with Crippen LogP contribution >= 0.6 is 23.2 Å². The smallest absolute Gasteiger partial charge is 0.246 e. The summed E-state index contributed by atoms with van der Waals surface area (Å²) in [5.41, 5.74) is 0.654. The van der Waals surface area contributed by atoms with E-state index >= 15 is 0 Å². The van der Waals surface area contributed by atoms with Crippen LogP contribution in [0.15, 0.2) is 24.3 Å². The van der Waals surface area contributed by atoms with Crippen molar-refractivity contribution >= 4 is 45.0 Å². The minimum atomic E-state index is -3.05. The number of rotatable bonds is 5. The summed E-state index contributed by atoms with van der Waals surface area (Å²) in [6.07, 6.45) is 3.55. The molecule has 0 N–H and O–H groups in total. The average Bonchev–Trinajstić information content (AvgIpc) is 2.85. The van der Waals surface area contributed by atoms with Crippen LogP contribution in [0.3, 0.4) is 0 Å². The van der Waals surface area contributed by atoms with Crippen LogP contribution in [0.5, 0.6) is 0 Å². The van der Waals surface area contributed by atoms with Gasteiger partial charge in [0.25, 0.3) is 0 Å². The van der Waals surface area contributed by atoms with Crippen LogP contribution < -0.4 is 0 Å². The monoisotopic (exact) mass is 389 g/mol. The third-order valence-corrected chi connectivity index (χ3v) is 6.19. The Balaban J connectivity index is 2.18. The van der Waals surface area contributed by atoms with Gasteiger partial charge >= 0.3 is 0 Å². The van der Waals surface area contributed by atoms with Crippen molar-refractivity contribution in [3.63, 3.8) is 0 Å². The molecular weight excluding hydrogens is 369 g/mol. The van der Waals surface area contributed by atoms with E-state index in [0.717, 1.165) is 0 Å². The first-order valence-electron chi connectivity index (χ1n) is 7.82. The van der Waals surface area contributed by atoms with Crippen molar-refractivity contribution in [2.45, 2.75) is 26.3 Å². The maximum atomic E-state index is 12.6. The molecule has 1 amide bonds. The van der Waals surface area contributed by atoms with E-state index in [1.807, 2.05) is 13.8 Å². The van der Waals surface area contributed by atoms with Gasteiger partial charge in [0, 0.05) is 28.7 Å². The second kappa shape index (κ2) is 7.89. The van der Waals surface area contributed by atoms with E-state index < -0.39 is 9.84 Å². The third-order valence-electron chi connectivity index (χ3n) is 3.86. The Morgan fingerprint density at radius 1 is 1.38 bits per heavy atom. The lowest BCUT2D eigenvalue weighted by atomic mass is 10.1. The quantitative estimate of drug-likeness (QED) is 0.721. The number of hydrogen-bond acceptors (Lipinski definition) is 3. The van der Waals surface area contributed by atoms with E-state index in [9.17, 15) is 13.2 Å². The zero-order valence-electron chi connectivity index (χ0n) is 13.7. The number of nitrogens with zero attached hydrogens (tertiary/aromatic N) is 1. The molecule has 1 atom stereocenters. The number of amides is 1. The summed E-state index contributed by atoms with van der Waals surface area (Å²) >= 11 is 12.0. The van der Waals surface area contributed by atoms with Crippen LogP contribution in [0.1, 0.15) is 25.8 Å². The highest BCUT2D eigenvalue weighted by atomic mass is 35.5. The molecule has 24 heavy (non-hydrogen) atoms. The summed E-state index contributed by atoms with van der Waals surface area (Å²) in [4.78, 5) is 14.3. The number of hydrogen-bond donors (Lipinski definition) is 0. The molecule has 7 heteroatoms. The van der Waals surface area contributed by atoms with Crippen LogP contribution in [0.4, 0.5) is 0 Å². The van der Waals surface area contributed by atoms with Crippen molar-refractivity contribution in [2.24, 2.45) is 5.92 Å². The van der Waals surface area contributed by atoms with E-state index in [1.165, 1.54) is 6.08 Å². The van der Waals surface area contributed by atoms with Gasteiger partial charge in [-0.2, -0.15) is 0 Å². The van der Waals surface area contributed by atoms with Crippen molar-refractivity contribution < 1.29 is 13.2 Å². The van der Waals surface area contributed by atoms with Gasteiger partial charge in [0.2, 0.25) is 5.91 Å². The number of halogens is 2. The molecule has 2 rings (SSSR count). The molecule has 1 unspecified atom stereocenters. The minimum absolute atomic E-state index is 0.0389. The second-order valence-corrected chi connectivity index (χ2v) is 9.51. The summed E-state index contributed by atoms with van der Waals surface area (Å²) in [5, 5.41) is 1.04. The molecule has 4 nitrogen and oxygen atoms in total. The fourth-order valence-electron chi connectivity index (χ4n) is 2.73. The van der Waals surface area contributed by atoms with Crippen LogP contribution in [-0.4, -0.2) is 43.3 Å². The molecule has 0 saturated carbocycles. The summed E-state index contributed by atoms with van der Waals surface area (Å²) in [5.74, 6) is 0.225. The Labute approximate surface area is 153 Å². The molecule has 1 aliphatic rings. The molecular formula is C17H21Cl2NO3S. The van der Waals surface area contributed by atoms with Crippen molar-refractivity contribution in [1.29, 1.82) is 0 Å². The molecule has 0 bridgehead atoms. The number of carbonyl (C=O) groups is 1. The summed E-state index contributed by atoms with van der Waals surface area (Å²) < 4.78 is 23.5. The average molecular weight is 390 g/mol. The van der Waals surface area contributed by atoms with E-state index in [1.54, 1.807) is 29.2 Å². The van der Waals surface area contributed by atoms with Gasteiger partial charge in [0.15, 0.2) is 9.84 Å². The lowest BCUT2D eigenvalue weighted by molar-refractivity contribution is -0.128. The van der Waals surface area contributed by atoms with Crippen LogP contribution in [0.25, 0.3) is 6.08 Å². The molecule has 1 heterocycles. The van der Waals surface area contributed by atoms with Crippen LogP contribution in [0, 0.1) is 5.92 Å². The first-order chi connectivity index (χ1) is 11.2. The molecule has 0 aromatic heterocycles. The second-order valence-electron chi connectivity index (χ2n) is 6.44. The summed E-state index contributed by atoms with van der Waals surface area (Å²) in [6, 6.07) is 4.77. The fourth-order valence-corrected chi connectivity index (χ4v) is 4.82. The number of carbonyl (C=O) groups excluding carboxylic acids is 1. The third kappa shape index (κ3) is 5.23. The number of benzene rings is 1. The number of sulfone groups is 1. The lowest BCUT2D eigenvalue weighted by Gasteiger charge is -2.28. The van der Waals surface area contributed by atoms with E-state index in [0.29, 0.717) is 28.6 Å². The van der Waals surface area contributed by atoms with Gasteiger partial charge in [-0.1, -0.05) is 37.0 Å². The van der Waals surface area contributed by atoms with Gasteiger partial charge in [-0.3, -0.25) is 4.79 Å². The van der Waals surface area contributed by atoms with Gasteiger partial charge < -0.3 is 4.90 Å². The zero-order chi connectivity index (χ0) is 17.9.